The first-order valence-corrected chi connectivity index (χ1v) is 8.94. The third kappa shape index (κ3) is 2.61. The van der Waals surface area contributed by atoms with Gasteiger partial charge in [-0.15, -0.1) is 0 Å². The maximum Gasteiger partial charge on any atom is 0.248 e. The Morgan fingerprint density at radius 2 is 1.96 bits per heavy atom. The number of aryl methyl sites for hydroxylation is 2. The first kappa shape index (κ1) is 15.8. The normalized spacial score (nSPS) is 16.1. The van der Waals surface area contributed by atoms with Gasteiger partial charge in [-0.25, -0.2) is 13.4 Å². The van der Waals surface area contributed by atoms with Crippen LogP contribution in [0.25, 0.3) is 11.5 Å². The van der Waals surface area contributed by atoms with Gasteiger partial charge >= 0.3 is 0 Å². The lowest BCUT2D eigenvalue weighted by molar-refractivity contribution is 0.216. The van der Waals surface area contributed by atoms with Crippen LogP contribution in [-0.2, 0) is 10.0 Å². The fourth-order valence-electron chi connectivity index (χ4n) is 2.68. The fraction of sp³-hybridized carbons (Fsp3) is 0.357. The smallest absolute Gasteiger partial charge is 0.248 e. The lowest BCUT2D eigenvalue weighted by atomic mass is 10.0. The number of hydrogen-bond acceptors (Lipinski definition) is 9. The summed E-state index contributed by atoms with van der Waals surface area (Å²) in [4.78, 5) is 12.5. The van der Waals surface area contributed by atoms with Gasteiger partial charge in [0.15, 0.2) is 5.76 Å². The molecule has 4 rings (SSSR count). The fourth-order valence-corrected chi connectivity index (χ4v) is 4.50. The molecular weight excluding hydrogens is 348 g/mol. The Labute approximate surface area is 142 Å². The average Bonchev–Trinajstić information content (AvgIpc) is 3.14. The van der Waals surface area contributed by atoms with Crippen LogP contribution in [0.1, 0.15) is 23.3 Å². The second-order valence-corrected chi connectivity index (χ2v) is 7.59. The van der Waals surface area contributed by atoms with Gasteiger partial charge < -0.3 is 9.05 Å². The van der Waals surface area contributed by atoms with E-state index in [0.717, 1.165) is 0 Å². The van der Waals surface area contributed by atoms with Crippen molar-refractivity contribution in [2.24, 2.45) is 0 Å². The molecule has 11 heteroatoms. The predicted octanol–water partition coefficient (Wildman–Crippen LogP) is 0.920. The second-order valence-electron chi connectivity index (χ2n) is 5.72. The van der Waals surface area contributed by atoms with Gasteiger partial charge in [0.1, 0.15) is 16.3 Å². The van der Waals surface area contributed by atoms with E-state index in [1.165, 1.54) is 16.7 Å². The Morgan fingerprint density at radius 3 is 2.60 bits per heavy atom. The quantitative estimate of drug-likeness (QED) is 0.665. The summed E-state index contributed by atoms with van der Waals surface area (Å²) in [7, 11) is -3.64. The van der Waals surface area contributed by atoms with Crippen molar-refractivity contribution in [1.29, 1.82) is 0 Å². The van der Waals surface area contributed by atoms with Crippen LogP contribution in [0.2, 0.25) is 0 Å². The van der Waals surface area contributed by atoms with E-state index in [-0.39, 0.29) is 29.7 Å². The van der Waals surface area contributed by atoms with Gasteiger partial charge in [-0.2, -0.15) is 9.29 Å². The molecular formula is C14H14N6O4S. The average molecular weight is 362 g/mol. The van der Waals surface area contributed by atoms with Crippen molar-refractivity contribution in [3.8, 4) is 11.5 Å². The van der Waals surface area contributed by atoms with Crippen molar-refractivity contribution in [3.05, 3.63) is 35.9 Å². The molecule has 1 saturated heterocycles. The zero-order chi connectivity index (χ0) is 17.6. The maximum atomic E-state index is 12.7. The molecule has 0 unspecified atom stereocenters. The van der Waals surface area contributed by atoms with Crippen molar-refractivity contribution < 1.29 is 17.5 Å². The van der Waals surface area contributed by atoms with Gasteiger partial charge in [-0.05, 0) is 13.8 Å². The molecule has 1 fully saturated rings. The van der Waals surface area contributed by atoms with Crippen LogP contribution in [-0.4, -0.2) is 51.1 Å². The molecule has 0 bridgehead atoms. The largest absolute Gasteiger partial charge is 0.360 e. The summed E-state index contributed by atoms with van der Waals surface area (Å²) in [6.45, 7) is 3.70. The standard InChI is InChI=1S/C14H14N6O4S/c1-8-12(9(2)23-18-8)25(21,22)20-6-10(7-20)14-17-13(19-24-14)11-5-15-3-4-16-11/h3-5,10H,6-7H2,1-2H3. The monoisotopic (exact) mass is 362 g/mol. The van der Waals surface area contributed by atoms with Gasteiger partial charge in [-0.1, -0.05) is 10.3 Å². The van der Waals surface area contributed by atoms with Gasteiger partial charge in [-0.3, -0.25) is 4.98 Å². The lowest BCUT2D eigenvalue weighted by Crippen LogP contribution is -2.48. The van der Waals surface area contributed by atoms with E-state index in [4.69, 9.17) is 9.05 Å². The van der Waals surface area contributed by atoms with Crippen LogP contribution < -0.4 is 0 Å². The van der Waals surface area contributed by atoms with Gasteiger partial charge in [0.05, 0.1) is 12.1 Å². The Balaban J connectivity index is 1.50. The Kier molecular flexibility index (Phi) is 3.62. The second kappa shape index (κ2) is 5.70. The van der Waals surface area contributed by atoms with Crippen molar-refractivity contribution in [2.75, 3.05) is 13.1 Å². The summed E-state index contributed by atoms with van der Waals surface area (Å²) in [5.41, 5.74) is 0.848. The summed E-state index contributed by atoms with van der Waals surface area (Å²) in [5.74, 6) is 0.831. The molecule has 1 aliphatic rings. The van der Waals surface area contributed by atoms with E-state index < -0.39 is 10.0 Å². The summed E-state index contributed by atoms with van der Waals surface area (Å²) in [6, 6.07) is 0. The van der Waals surface area contributed by atoms with Crippen molar-refractivity contribution in [1.82, 2.24) is 29.6 Å². The summed E-state index contributed by atoms with van der Waals surface area (Å²) in [5, 5.41) is 7.58. The van der Waals surface area contributed by atoms with Crippen molar-refractivity contribution in [3.63, 3.8) is 0 Å². The number of sulfonamides is 1. The molecule has 1 aliphatic heterocycles. The SMILES string of the molecule is Cc1noc(C)c1S(=O)(=O)N1CC(c2nc(-c3cnccn3)no2)C1. The molecule has 4 heterocycles. The molecule has 25 heavy (non-hydrogen) atoms. The molecule has 0 spiro atoms. The van der Waals surface area contributed by atoms with Crippen LogP contribution in [0.3, 0.4) is 0 Å². The molecule has 3 aromatic rings. The molecule has 0 radical (unpaired) electrons. The Hall–Kier alpha value is -2.66. The number of rotatable bonds is 4. The van der Waals surface area contributed by atoms with Crippen molar-refractivity contribution in [2.45, 2.75) is 24.7 Å². The third-order valence-electron chi connectivity index (χ3n) is 4.00. The van der Waals surface area contributed by atoms with Crippen LogP contribution in [0, 0.1) is 13.8 Å². The number of hydrogen-bond donors (Lipinski definition) is 0. The highest BCUT2D eigenvalue weighted by molar-refractivity contribution is 7.89. The molecule has 0 atom stereocenters. The van der Waals surface area contributed by atoms with Crippen LogP contribution in [0.15, 0.2) is 32.5 Å². The molecule has 0 N–H and O–H groups in total. The first-order valence-electron chi connectivity index (χ1n) is 7.50. The third-order valence-corrected chi connectivity index (χ3v) is 6.07. The minimum atomic E-state index is -3.64. The highest BCUT2D eigenvalue weighted by Gasteiger charge is 2.42. The molecule has 0 amide bonds. The summed E-state index contributed by atoms with van der Waals surface area (Å²) < 4.78 is 36.9. The lowest BCUT2D eigenvalue weighted by Gasteiger charge is -2.35. The zero-order valence-corrected chi connectivity index (χ0v) is 14.3. The molecule has 0 aromatic carbocycles. The number of nitrogens with zero attached hydrogens (tertiary/aromatic N) is 6. The van der Waals surface area contributed by atoms with E-state index in [1.54, 1.807) is 20.0 Å². The van der Waals surface area contributed by atoms with Gasteiger partial charge in [0.25, 0.3) is 0 Å². The van der Waals surface area contributed by atoms with Crippen LogP contribution in [0.5, 0.6) is 0 Å². The summed E-state index contributed by atoms with van der Waals surface area (Å²) >= 11 is 0. The van der Waals surface area contributed by atoms with E-state index in [2.05, 4.69) is 25.3 Å². The van der Waals surface area contributed by atoms with E-state index >= 15 is 0 Å². The Bertz CT molecular complexity index is 988. The minimum absolute atomic E-state index is 0.122. The highest BCUT2D eigenvalue weighted by Crippen LogP contribution is 2.33. The first-order chi connectivity index (χ1) is 12.0. The van der Waals surface area contributed by atoms with Crippen molar-refractivity contribution >= 4 is 10.0 Å². The summed E-state index contributed by atoms with van der Waals surface area (Å²) in [6.07, 6.45) is 4.62. The molecule has 0 aliphatic carbocycles. The predicted molar refractivity (Wildman–Crippen MR) is 82.8 cm³/mol. The maximum absolute atomic E-state index is 12.7. The van der Waals surface area contributed by atoms with Gasteiger partial charge in [0, 0.05) is 25.5 Å². The van der Waals surface area contributed by atoms with E-state index in [0.29, 0.717) is 23.1 Å². The highest BCUT2D eigenvalue weighted by atomic mass is 32.2. The van der Waals surface area contributed by atoms with Crippen LogP contribution in [0.4, 0.5) is 0 Å². The Morgan fingerprint density at radius 1 is 1.16 bits per heavy atom. The molecule has 0 saturated carbocycles. The van der Waals surface area contributed by atoms with Gasteiger partial charge in [0.2, 0.25) is 21.7 Å². The zero-order valence-electron chi connectivity index (χ0n) is 13.4. The minimum Gasteiger partial charge on any atom is -0.360 e. The van der Waals surface area contributed by atoms with E-state index in [1.807, 2.05) is 0 Å². The molecule has 130 valence electrons. The number of aromatic nitrogens is 5. The topological polar surface area (TPSA) is 128 Å². The van der Waals surface area contributed by atoms with E-state index in [9.17, 15) is 8.42 Å². The van der Waals surface area contributed by atoms with Crippen LogP contribution >= 0.6 is 0 Å². The molecule has 3 aromatic heterocycles. The molecule has 10 nitrogen and oxygen atoms in total.